The number of guanidine groups is 1. The second-order valence-electron chi connectivity index (χ2n) is 9.01. The first-order valence-electron chi connectivity index (χ1n) is 10.2. The maximum Gasteiger partial charge on any atom is 0.410 e. The second-order valence-corrected chi connectivity index (χ2v) is 9.01. The predicted octanol–water partition coefficient (Wildman–Crippen LogP) is 0.503. The van der Waals surface area contributed by atoms with Crippen LogP contribution >= 0.6 is 0 Å². The number of carbonyl (C=O) groups is 1. The fourth-order valence-electron chi connectivity index (χ4n) is 3.85. The minimum absolute atomic E-state index is 0.216. The Bertz CT molecular complexity index is 553. The fourth-order valence-corrected chi connectivity index (χ4v) is 3.85. The number of amides is 1. The minimum Gasteiger partial charge on any atom is -0.444 e. The number of hydrogen-bond acceptors (Lipinski definition) is 7. The van der Waals surface area contributed by atoms with Crippen molar-refractivity contribution in [2.75, 3.05) is 66.0 Å². The van der Waals surface area contributed by atoms with E-state index in [1.165, 1.54) is 0 Å². The van der Waals surface area contributed by atoms with E-state index in [2.05, 4.69) is 34.0 Å². The van der Waals surface area contributed by atoms with E-state index in [-0.39, 0.29) is 12.1 Å². The fraction of sp³-hybridized carbons (Fsp3) is 0.895. The molecule has 2 fully saturated rings. The van der Waals surface area contributed by atoms with Gasteiger partial charge in [-0.25, -0.2) is 4.79 Å². The zero-order valence-electron chi connectivity index (χ0n) is 17.6. The molecule has 2 saturated heterocycles. The lowest BCUT2D eigenvalue weighted by Gasteiger charge is -2.40. The highest BCUT2D eigenvalue weighted by atomic mass is 16.6. The average molecular weight is 381 g/mol. The molecule has 2 unspecified atom stereocenters. The van der Waals surface area contributed by atoms with E-state index in [0.29, 0.717) is 19.1 Å². The van der Waals surface area contributed by atoms with Gasteiger partial charge in [0, 0.05) is 58.4 Å². The Kier molecular flexibility index (Phi) is 6.15. The van der Waals surface area contributed by atoms with Crippen LogP contribution < -0.4 is 5.32 Å². The van der Waals surface area contributed by atoms with Gasteiger partial charge >= 0.3 is 6.09 Å². The highest BCUT2D eigenvalue weighted by Crippen LogP contribution is 2.18. The molecule has 154 valence electrons. The van der Waals surface area contributed by atoms with E-state index in [0.717, 1.165) is 51.8 Å². The summed E-state index contributed by atoms with van der Waals surface area (Å²) in [5, 5.41) is 3.56. The van der Waals surface area contributed by atoms with E-state index >= 15 is 0 Å². The molecule has 0 bridgehead atoms. The van der Waals surface area contributed by atoms with Crippen LogP contribution in [0, 0.1) is 0 Å². The Morgan fingerprint density at radius 1 is 1.22 bits per heavy atom. The second kappa shape index (κ2) is 8.22. The van der Waals surface area contributed by atoms with Gasteiger partial charge in [0.1, 0.15) is 5.60 Å². The van der Waals surface area contributed by atoms with E-state index in [4.69, 9.17) is 9.73 Å². The van der Waals surface area contributed by atoms with Crippen molar-refractivity contribution in [3.8, 4) is 0 Å². The van der Waals surface area contributed by atoms with Gasteiger partial charge in [-0.15, -0.1) is 0 Å². The molecule has 1 N–H and O–H groups in total. The predicted molar refractivity (Wildman–Crippen MR) is 107 cm³/mol. The summed E-state index contributed by atoms with van der Waals surface area (Å²) in [5.74, 6) is 0.991. The number of carbonyl (C=O) groups excluding carboxylic acids is 1. The van der Waals surface area contributed by atoms with Crippen LogP contribution in [0.5, 0.6) is 0 Å². The summed E-state index contributed by atoms with van der Waals surface area (Å²) >= 11 is 0. The van der Waals surface area contributed by atoms with Crippen LogP contribution in [0.2, 0.25) is 0 Å². The van der Waals surface area contributed by atoms with Crippen molar-refractivity contribution in [2.24, 2.45) is 4.99 Å². The Morgan fingerprint density at radius 2 is 1.93 bits per heavy atom. The van der Waals surface area contributed by atoms with Crippen LogP contribution in [0.4, 0.5) is 4.79 Å². The number of piperazine rings is 2. The Balaban J connectivity index is 1.44. The minimum atomic E-state index is -0.452. The van der Waals surface area contributed by atoms with Gasteiger partial charge in [0.05, 0.1) is 12.6 Å². The first-order valence-corrected chi connectivity index (χ1v) is 10.2. The molecule has 2 atom stereocenters. The molecule has 3 aliphatic heterocycles. The van der Waals surface area contributed by atoms with Crippen LogP contribution in [-0.2, 0) is 4.74 Å². The molecule has 3 heterocycles. The third-order valence-corrected chi connectivity index (χ3v) is 5.58. The van der Waals surface area contributed by atoms with Crippen molar-refractivity contribution in [2.45, 2.75) is 45.4 Å². The van der Waals surface area contributed by atoms with Crippen LogP contribution in [0.3, 0.4) is 0 Å². The van der Waals surface area contributed by atoms with Crippen molar-refractivity contribution >= 4 is 12.1 Å². The molecular weight excluding hydrogens is 344 g/mol. The van der Waals surface area contributed by atoms with Gasteiger partial charge in [-0.2, -0.15) is 0 Å². The molecule has 0 aromatic heterocycles. The van der Waals surface area contributed by atoms with Crippen LogP contribution in [-0.4, -0.2) is 115 Å². The molecule has 0 aliphatic carbocycles. The first-order chi connectivity index (χ1) is 12.7. The summed E-state index contributed by atoms with van der Waals surface area (Å²) in [6.45, 7) is 16.3. The molecule has 0 radical (unpaired) electrons. The lowest BCUT2D eigenvalue weighted by atomic mass is 10.2. The Hall–Kier alpha value is -1.54. The maximum absolute atomic E-state index is 12.3. The zero-order valence-corrected chi connectivity index (χ0v) is 17.6. The summed E-state index contributed by atoms with van der Waals surface area (Å²) in [6, 6.07) is 0.746. The van der Waals surface area contributed by atoms with Crippen LogP contribution in [0.25, 0.3) is 0 Å². The monoisotopic (exact) mass is 380 g/mol. The number of likely N-dealkylation sites (N-methyl/N-ethyl adjacent to an activating group) is 1. The van der Waals surface area contributed by atoms with E-state index in [1.807, 2.05) is 25.7 Å². The summed E-state index contributed by atoms with van der Waals surface area (Å²) in [7, 11) is 2.19. The third-order valence-electron chi connectivity index (χ3n) is 5.58. The summed E-state index contributed by atoms with van der Waals surface area (Å²) < 4.78 is 5.51. The third kappa shape index (κ3) is 5.25. The average Bonchev–Trinajstić information content (AvgIpc) is 3.01. The number of aliphatic imine (C=N–C) groups is 1. The topological polar surface area (TPSA) is 63.7 Å². The van der Waals surface area contributed by atoms with Gasteiger partial charge in [0.2, 0.25) is 0 Å². The molecule has 3 rings (SSSR count). The molecule has 0 aromatic rings. The molecule has 8 nitrogen and oxygen atoms in total. The first kappa shape index (κ1) is 20.2. The summed E-state index contributed by atoms with van der Waals surface area (Å²) in [4.78, 5) is 26.1. The number of fused-ring (bicyclic) bond motifs is 1. The number of nitrogens with one attached hydrogen (secondary N) is 1. The van der Waals surface area contributed by atoms with E-state index < -0.39 is 5.60 Å². The zero-order chi connectivity index (χ0) is 19.6. The SMILES string of the molecule is CC(CNC1=NCC2CN(C(=O)OC(C)(C)C)CCN12)N1CCN(C)CC1. The van der Waals surface area contributed by atoms with Gasteiger partial charge in [0.15, 0.2) is 5.96 Å². The van der Waals surface area contributed by atoms with E-state index in [1.54, 1.807) is 0 Å². The molecule has 8 heteroatoms. The van der Waals surface area contributed by atoms with Crippen molar-refractivity contribution in [1.82, 2.24) is 24.9 Å². The summed E-state index contributed by atoms with van der Waals surface area (Å²) in [5.41, 5.74) is -0.452. The van der Waals surface area contributed by atoms with Crippen molar-refractivity contribution < 1.29 is 9.53 Å². The van der Waals surface area contributed by atoms with Gasteiger partial charge in [0.25, 0.3) is 0 Å². The quantitative estimate of drug-likeness (QED) is 0.769. The number of nitrogens with zero attached hydrogens (tertiary/aromatic N) is 5. The lowest BCUT2D eigenvalue weighted by molar-refractivity contribution is 0.0137. The van der Waals surface area contributed by atoms with E-state index in [9.17, 15) is 4.79 Å². The van der Waals surface area contributed by atoms with Gasteiger partial charge in [-0.3, -0.25) is 9.89 Å². The smallest absolute Gasteiger partial charge is 0.410 e. The van der Waals surface area contributed by atoms with Crippen LogP contribution in [0.1, 0.15) is 27.7 Å². The highest BCUT2D eigenvalue weighted by molar-refractivity contribution is 5.82. The van der Waals surface area contributed by atoms with Gasteiger partial charge in [-0.05, 0) is 34.7 Å². The molecule has 0 aromatic carbocycles. The largest absolute Gasteiger partial charge is 0.444 e. The molecule has 0 spiro atoms. The van der Waals surface area contributed by atoms with Crippen molar-refractivity contribution in [3.63, 3.8) is 0 Å². The molecular formula is C19H36N6O2. The number of rotatable bonds is 3. The molecule has 0 saturated carbocycles. The number of hydrogen-bond donors (Lipinski definition) is 1. The standard InChI is InChI=1S/C19H36N6O2/c1-15(23-8-6-22(5)7-9-23)12-20-17-21-13-16-14-24(10-11-25(16)17)18(26)27-19(2,3)4/h15-16H,6-14H2,1-5H3,(H,20,21). The molecule has 27 heavy (non-hydrogen) atoms. The molecule has 1 amide bonds. The Labute approximate surface area is 163 Å². The van der Waals surface area contributed by atoms with Crippen LogP contribution in [0.15, 0.2) is 4.99 Å². The Morgan fingerprint density at radius 3 is 2.59 bits per heavy atom. The van der Waals surface area contributed by atoms with Crippen molar-refractivity contribution in [1.29, 1.82) is 0 Å². The summed E-state index contributed by atoms with van der Waals surface area (Å²) in [6.07, 6.45) is -0.216. The number of ether oxygens (including phenoxy) is 1. The van der Waals surface area contributed by atoms with Gasteiger partial charge < -0.3 is 24.8 Å². The molecule has 3 aliphatic rings. The van der Waals surface area contributed by atoms with Crippen molar-refractivity contribution in [3.05, 3.63) is 0 Å². The normalized spacial score (nSPS) is 25.8. The maximum atomic E-state index is 12.3. The van der Waals surface area contributed by atoms with Gasteiger partial charge in [-0.1, -0.05) is 0 Å². The highest BCUT2D eigenvalue weighted by Gasteiger charge is 2.36. The lowest BCUT2D eigenvalue weighted by Crippen LogP contribution is -2.58.